The lowest BCUT2D eigenvalue weighted by Gasteiger charge is -2.39. The molecule has 3 aromatic rings. The Morgan fingerprint density at radius 1 is 0.950 bits per heavy atom. The lowest BCUT2D eigenvalue weighted by Crippen LogP contribution is -2.58. The highest BCUT2D eigenvalue weighted by Gasteiger charge is 2.52. The van der Waals surface area contributed by atoms with Crippen molar-refractivity contribution in [3.8, 4) is 40.1 Å². The van der Waals surface area contributed by atoms with Gasteiger partial charge in [-0.05, 0) is 18.2 Å². The summed E-state index contributed by atoms with van der Waals surface area (Å²) in [5.41, 5.74) is -3.31. The van der Waals surface area contributed by atoms with Crippen molar-refractivity contribution in [2.24, 2.45) is 0 Å². The summed E-state index contributed by atoms with van der Waals surface area (Å²) in [7, 11) is 0. The first-order valence-corrected chi connectivity index (χ1v) is 11.9. The van der Waals surface area contributed by atoms with Gasteiger partial charge in [0.1, 0.15) is 46.4 Å². The van der Waals surface area contributed by atoms with E-state index >= 15 is 0 Å². The normalized spacial score (nSPS) is 30.5. The lowest BCUT2D eigenvalue weighted by molar-refractivity contribution is -0.298. The molecule has 0 bridgehead atoms. The molecule has 0 radical (unpaired) electrons. The molecule has 0 spiro atoms. The van der Waals surface area contributed by atoms with E-state index < -0.39 is 102 Å². The van der Waals surface area contributed by atoms with Gasteiger partial charge in [0.15, 0.2) is 29.7 Å². The summed E-state index contributed by atoms with van der Waals surface area (Å²) in [6.45, 7) is -1.89. The Labute approximate surface area is 223 Å². The zero-order valence-corrected chi connectivity index (χ0v) is 20.4. The molecule has 40 heavy (non-hydrogen) atoms. The van der Waals surface area contributed by atoms with E-state index in [-0.39, 0.29) is 16.9 Å². The number of ether oxygens (including phenoxy) is 4. The number of phenolic OH excluding ortho intramolecular Hbond substituents is 4. The van der Waals surface area contributed by atoms with E-state index in [2.05, 4.69) is 0 Å². The molecule has 2 aliphatic heterocycles. The summed E-state index contributed by atoms with van der Waals surface area (Å²) in [6.07, 6.45) is -9.99. The van der Waals surface area contributed by atoms with Gasteiger partial charge in [-0.3, -0.25) is 4.79 Å². The van der Waals surface area contributed by atoms with E-state index in [4.69, 9.17) is 23.4 Å². The molecule has 7 atom stereocenters. The van der Waals surface area contributed by atoms with E-state index in [9.17, 15) is 50.8 Å². The van der Waals surface area contributed by atoms with Crippen LogP contribution in [0.4, 0.5) is 0 Å². The highest BCUT2D eigenvalue weighted by Crippen LogP contribution is 2.39. The number of benzene rings is 2. The summed E-state index contributed by atoms with van der Waals surface area (Å²) in [5.74, 6) is -3.13. The van der Waals surface area contributed by atoms with Crippen molar-refractivity contribution in [1.29, 1.82) is 0 Å². The smallest absolute Gasteiger partial charge is 0.239 e. The Bertz CT molecular complexity index is 1470. The molecule has 3 heterocycles. The van der Waals surface area contributed by atoms with Gasteiger partial charge in [0.05, 0.1) is 19.8 Å². The summed E-state index contributed by atoms with van der Waals surface area (Å²) < 4.78 is 27.8. The van der Waals surface area contributed by atoms with E-state index in [1.54, 1.807) is 0 Å². The molecule has 0 aliphatic carbocycles. The maximum Gasteiger partial charge on any atom is 0.239 e. The Kier molecular flexibility index (Phi) is 7.24. The van der Waals surface area contributed by atoms with Crippen molar-refractivity contribution in [2.75, 3.05) is 19.8 Å². The fraction of sp³-hybridized carbons (Fsp3) is 0.400. The molecule has 2 fully saturated rings. The van der Waals surface area contributed by atoms with E-state index in [0.29, 0.717) is 0 Å². The van der Waals surface area contributed by atoms with Crippen LogP contribution < -0.4 is 10.2 Å². The zero-order valence-electron chi connectivity index (χ0n) is 20.4. The number of aliphatic hydroxyl groups excluding tert-OH is 4. The molecule has 15 nitrogen and oxygen atoms in total. The van der Waals surface area contributed by atoms with Gasteiger partial charge in [0, 0.05) is 17.7 Å². The lowest BCUT2D eigenvalue weighted by atomic mass is 10.0. The van der Waals surface area contributed by atoms with Crippen LogP contribution >= 0.6 is 0 Å². The first kappa shape index (κ1) is 27.9. The van der Waals surface area contributed by atoms with Crippen molar-refractivity contribution in [3.63, 3.8) is 0 Å². The van der Waals surface area contributed by atoms with Crippen molar-refractivity contribution in [2.45, 2.75) is 42.6 Å². The SMILES string of the molecule is O=c1c(O[C@H]2OC[C@H](O)[C@@H](O)[C@H]2O[C@@H]2OC[C@@](O)(CO)[C@H]2O)c(-c2ccc(O)c(O)c2)oc2cc(O)cc(O)c12. The predicted molar refractivity (Wildman–Crippen MR) is 130 cm³/mol. The van der Waals surface area contributed by atoms with Crippen LogP contribution in [0.15, 0.2) is 39.5 Å². The minimum atomic E-state index is -2.07. The molecule has 9 N–H and O–H groups in total. The average molecular weight is 566 g/mol. The number of aromatic hydroxyl groups is 4. The third kappa shape index (κ3) is 4.78. The molecule has 2 aromatic carbocycles. The second kappa shape index (κ2) is 10.4. The first-order valence-electron chi connectivity index (χ1n) is 11.9. The van der Waals surface area contributed by atoms with Crippen LogP contribution in [0.5, 0.6) is 28.7 Å². The van der Waals surface area contributed by atoms with Crippen molar-refractivity contribution in [1.82, 2.24) is 0 Å². The number of fused-ring (bicyclic) bond motifs is 1. The largest absolute Gasteiger partial charge is 0.508 e. The fourth-order valence-electron chi connectivity index (χ4n) is 4.42. The van der Waals surface area contributed by atoms with Gasteiger partial charge in [-0.1, -0.05) is 0 Å². The summed E-state index contributed by atoms with van der Waals surface area (Å²) in [4.78, 5) is 13.6. The van der Waals surface area contributed by atoms with Crippen molar-refractivity contribution >= 4 is 11.0 Å². The van der Waals surface area contributed by atoms with Crippen LogP contribution in [-0.4, -0.2) is 108 Å². The number of hydrogen-bond donors (Lipinski definition) is 9. The van der Waals surface area contributed by atoms with E-state index in [1.165, 1.54) is 6.07 Å². The Balaban J connectivity index is 1.59. The first-order chi connectivity index (χ1) is 18.9. The molecule has 0 unspecified atom stereocenters. The van der Waals surface area contributed by atoms with Crippen LogP contribution in [0.1, 0.15) is 0 Å². The predicted octanol–water partition coefficient (Wildman–Crippen LogP) is -1.43. The fourth-order valence-corrected chi connectivity index (χ4v) is 4.42. The van der Waals surface area contributed by atoms with E-state index in [1.807, 2.05) is 0 Å². The highest BCUT2D eigenvalue weighted by atomic mass is 16.8. The number of hydrogen-bond acceptors (Lipinski definition) is 15. The van der Waals surface area contributed by atoms with Crippen molar-refractivity contribution in [3.05, 3.63) is 40.6 Å². The molecule has 216 valence electrons. The molecule has 1 aromatic heterocycles. The Morgan fingerprint density at radius 2 is 1.70 bits per heavy atom. The molecule has 2 saturated heterocycles. The van der Waals surface area contributed by atoms with Gasteiger partial charge in [0.25, 0.3) is 0 Å². The van der Waals surface area contributed by atoms with Gasteiger partial charge in [0.2, 0.25) is 17.5 Å². The minimum Gasteiger partial charge on any atom is -0.508 e. The molecule has 2 aliphatic rings. The van der Waals surface area contributed by atoms with Gasteiger partial charge < -0.3 is 69.3 Å². The quantitative estimate of drug-likeness (QED) is 0.155. The maximum atomic E-state index is 13.6. The third-order valence-electron chi connectivity index (χ3n) is 6.69. The Hall–Kier alpha value is -3.67. The van der Waals surface area contributed by atoms with Gasteiger partial charge in [-0.15, -0.1) is 0 Å². The van der Waals surface area contributed by atoms with Gasteiger partial charge in [-0.25, -0.2) is 0 Å². The summed E-state index contributed by atoms with van der Waals surface area (Å²) in [5, 5.41) is 90.5. The number of phenols is 4. The van der Waals surface area contributed by atoms with Crippen LogP contribution in [-0.2, 0) is 14.2 Å². The standard InChI is InChI=1S/C25H26O15/c26-7-25(35)8-37-24(22(25)34)40-21-17(32)14(31)6-36-23(21)39-20-18(33)16-13(30)4-10(27)5-15(16)38-19(20)9-1-2-11(28)12(29)3-9/h1-5,14,17,21-24,26-32,34-35H,6-8H2/t14-,17+,21+,22-,23+,24-,25-/m0/s1. The third-order valence-corrected chi connectivity index (χ3v) is 6.69. The molecular weight excluding hydrogens is 540 g/mol. The van der Waals surface area contributed by atoms with Crippen molar-refractivity contribution < 1.29 is 69.3 Å². The van der Waals surface area contributed by atoms with Crippen LogP contribution in [0.25, 0.3) is 22.3 Å². The van der Waals surface area contributed by atoms with Gasteiger partial charge >= 0.3 is 0 Å². The van der Waals surface area contributed by atoms with Crippen LogP contribution in [0, 0.1) is 0 Å². The number of rotatable bonds is 6. The number of aliphatic hydroxyl groups is 5. The van der Waals surface area contributed by atoms with Crippen LogP contribution in [0.2, 0.25) is 0 Å². The maximum absolute atomic E-state index is 13.6. The second-order valence-electron chi connectivity index (χ2n) is 9.50. The molecular formula is C25H26O15. The molecule has 15 heteroatoms. The monoisotopic (exact) mass is 566 g/mol. The summed E-state index contributed by atoms with van der Waals surface area (Å²) >= 11 is 0. The minimum absolute atomic E-state index is 0.00329. The molecule has 0 saturated carbocycles. The zero-order chi connectivity index (χ0) is 28.9. The Morgan fingerprint density at radius 3 is 2.38 bits per heavy atom. The average Bonchev–Trinajstić information content (AvgIpc) is 3.19. The molecule has 5 rings (SSSR count). The summed E-state index contributed by atoms with van der Waals surface area (Å²) in [6, 6.07) is 5.35. The van der Waals surface area contributed by atoms with Crippen LogP contribution in [0.3, 0.4) is 0 Å². The molecule has 0 amide bonds. The highest BCUT2D eigenvalue weighted by molar-refractivity contribution is 5.88. The topological polar surface area (TPSA) is 249 Å². The van der Waals surface area contributed by atoms with Gasteiger partial charge in [-0.2, -0.15) is 0 Å². The van der Waals surface area contributed by atoms with E-state index in [0.717, 1.165) is 24.3 Å². The second-order valence-corrected chi connectivity index (χ2v) is 9.50.